The third-order valence-corrected chi connectivity index (χ3v) is 3.66. The van der Waals surface area contributed by atoms with Gasteiger partial charge in [0.1, 0.15) is 0 Å². The molecule has 18 heavy (non-hydrogen) atoms. The van der Waals surface area contributed by atoms with Crippen LogP contribution in [0.5, 0.6) is 0 Å². The number of nitrogens with zero attached hydrogens (tertiary/aromatic N) is 2. The third-order valence-electron chi connectivity index (χ3n) is 2.63. The quantitative estimate of drug-likeness (QED) is 0.909. The average Bonchev–Trinajstić information content (AvgIpc) is 2.65. The highest BCUT2D eigenvalue weighted by Crippen LogP contribution is 2.32. The summed E-state index contributed by atoms with van der Waals surface area (Å²) < 4.78 is 37.1. The maximum absolute atomic E-state index is 12.4. The summed E-state index contributed by atoms with van der Waals surface area (Å²) in [6.45, 7) is 5.23. The van der Waals surface area contributed by atoms with Crippen LogP contribution in [-0.2, 0) is 12.7 Å². The first-order chi connectivity index (χ1) is 7.95. The van der Waals surface area contributed by atoms with Gasteiger partial charge >= 0.3 is 6.18 Å². The van der Waals surface area contributed by atoms with Gasteiger partial charge < -0.3 is 5.32 Å². The summed E-state index contributed by atoms with van der Waals surface area (Å²) in [5.41, 5.74) is 0. The number of nitrogens with one attached hydrogen (secondary N) is 1. The van der Waals surface area contributed by atoms with Crippen LogP contribution in [0, 0.1) is 0 Å². The highest BCUT2D eigenvalue weighted by molar-refractivity contribution is 7.11. The molecule has 0 bridgehead atoms. The molecule has 0 aromatic carbocycles. The van der Waals surface area contributed by atoms with Gasteiger partial charge in [0, 0.05) is 43.3 Å². The Kier molecular flexibility index (Phi) is 5.39. The minimum atomic E-state index is -4.32. The highest BCUT2D eigenvalue weighted by atomic mass is 35.5. The fourth-order valence-corrected chi connectivity index (χ4v) is 2.71. The Balaban J connectivity index is 0.00000162. The molecule has 0 aliphatic carbocycles. The van der Waals surface area contributed by atoms with Crippen molar-refractivity contribution in [3.63, 3.8) is 0 Å². The monoisotopic (exact) mass is 301 g/mol. The van der Waals surface area contributed by atoms with Gasteiger partial charge in [0.25, 0.3) is 0 Å². The normalized spacial score (nSPS) is 21.7. The van der Waals surface area contributed by atoms with Gasteiger partial charge in [0.2, 0.25) is 0 Å². The molecule has 8 heteroatoms. The van der Waals surface area contributed by atoms with Gasteiger partial charge in [-0.25, -0.2) is 4.98 Å². The van der Waals surface area contributed by atoms with E-state index >= 15 is 0 Å². The smallest absolute Gasteiger partial charge is 0.312 e. The summed E-state index contributed by atoms with van der Waals surface area (Å²) in [6.07, 6.45) is -2.99. The Morgan fingerprint density at radius 3 is 2.83 bits per heavy atom. The van der Waals surface area contributed by atoms with E-state index in [0.717, 1.165) is 31.0 Å². The highest BCUT2D eigenvalue weighted by Gasteiger charge is 2.34. The van der Waals surface area contributed by atoms with E-state index in [-0.39, 0.29) is 12.4 Å². The summed E-state index contributed by atoms with van der Waals surface area (Å²) in [5.74, 6) is 0. The predicted octanol–water partition coefficient (Wildman–Crippen LogP) is 2.38. The van der Waals surface area contributed by atoms with E-state index in [4.69, 9.17) is 0 Å². The van der Waals surface area contributed by atoms with E-state index in [1.807, 2.05) is 0 Å². The molecule has 104 valence electrons. The molecule has 0 amide bonds. The largest absolute Gasteiger partial charge is 0.443 e. The number of thiazole rings is 1. The van der Waals surface area contributed by atoms with Crippen molar-refractivity contribution in [3.05, 3.63) is 16.1 Å². The van der Waals surface area contributed by atoms with Crippen molar-refractivity contribution in [1.29, 1.82) is 0 Å². The second kappa shape index (κ2) is 6.18. The second-order valence-corrected chi connectivity index (χ2v) is 5.33. The summed E-state index contributed by atoms with van der Waals surface area (Å²) in [6, 6.07) is 0.388. The van der Waals surface area contributed by atoms with Crippen LogP contribution in [0.4, 0.5) is 13.2 Å². The molecule has 0 radical (unpaired) electrons. The van der Waals surface area contributed by atoms with Crippen molar-refractivity contribution in [2.24, 2.45) is 0 Å². The summed E-state index contributed by atoms with van der Waals surface area (Å²) >= 11 is 0.737. The van der Waals surface area contributed by atoms with Gasteiger partial charge in [-0.05, 0) is 6.92 Å². The number of rotatable bonds is 2. The van der Waals surface area contributed by atoms with Crippen LogP contribution in [-0.4, -0.2) is 35.6 Å². The molecule has 1 aromatic heterocycles. The molecule has 3 nitrogen and oxygen atoms in total. The van der Waals surface area contributed by atoms with Crippen molar-refractivity contribution in [3.8, 4) is 0 Å². The molecule has 1 N–H and O–H groups in total. The van der Waals surface area contributed by atoms with Crippen molar-refractivity contribution in [1.82, 2.24) is 15.2 Å². The molecular formula is C10H15ClF3N3S. The zero-order chi connectivity index (χ0) is 12.5. The van der Waals surface area contributed by atoms with Gasteiger partial charge in [-0.1, -0.05) is 0 Å². The molecule has 1 aromatic rings. The van der Waals surface area contributed by atoms with Crippen LogP contribution in [0.1, 0.15) is 16.8 Å². The van der Waals surface area contributed by atoms with E-state index in [1.165, 1.54) is 6.20 Å². The van der Waals surface area contributed by atoms with Crippen molar-refractivity contribution < 1.29 is 13.2 Å². The lowest BCUT2D eigenvalue weighted by Gasteiger charge is -2.31. The number of hydrogen-bond donors (Lipinski definition) is 1. The molecule has 1 atom stereocenters. The molecule has 0 saturated carbocycles. The lowest BCUT2D eigenvalue weighted by molar-refractivity contribution is -0.137. The van der Waals surface area contributed by atoms with E-state index in [2.05, 4.69) is 22.1 Å². The molecular weight excluding hydrogens is 287 g/mol. The summed E-state index contributed by atoms with van der Waals surface area (Å²) in [4.78, 5) is 6.24. The van der Waals surface area contributed by atoms with Crippen molar-refractivity contribution in [2.45, 2.75) is 25.7 Å². The Morgan fingerprint density at radius 1 is 1.56 bits per heavy atom. The first kappa shape index (κ1) is 15.7. The molecule has 2 heterocycles. The first-order valence-electron chi connectivity index (χ1n) is 5.43. The van der Waals surface area contributed by atoms with Gasteiger partial charge in [0.15, 0.2) is 5.01 Å². The SMILES string of the molecule is C[C@@H]1CN(Cc2cnc(C(F)(F)F)s2)CCN1.Cl. The molecule has 1 aliphatic rings. The van der Waals surface area contributed by atoms with Crippen LogP contribution in [0.3, 0.4) is 0 Å². The molecule has 2 rings (SSSR count). The summed E-state index contributed by atoms with van der Waals surface area (Å²) in [5, 5.41) is 2.54. The maximum Gasteiger partial charge on any atom is 0.443 e. The Hall–Kier alpha value is -0.370. The molecule has 1 saturated heterocycles. The summed E-state index contributed by atoms with van der Waals surface area (Å²) in [7, 11) is 0. The Bertz CT molecular complexity index is 383. The minimum absolute atomic E-state index is 0. The Morgan fingerprint density at radius 2 is 2.28 bits per heavy atom. The van der Waals surface area contributed by atoms with Crippen molar-refractivity contribution in [2.75, 3.05) is 19.6 Å². The number of hydrogen-bond acceptors (Lipinski definition) is 4. The van der Waals surface area contributed by atoms with Crippen LogP contribution in [0.25, 0.3) is 0 Å². The number of aromatic nitrogens is 1. The number of halogens is 4. The van der Waals surface area contributed by atoms with Gasteiger partial charge in [-0.2, -0.15) is 13.2 Å². The van der Waals surface area contributed by atoms with E-state index in [1.54, 1.807) is 0 Å². The van der Waals surface area contributed by atoms with Gasteiger partial charge in [0.05, 0.1) is 0 Å². The van der Waals surface area contributed by atoms with E-state index in [0.29, 0.717) is 17.5 Å². The minimum Gasteiger partial charge on any atom is -0.312 e. The lowest BCUT2D eigenvalue weighted by Crippen LogP contribution is -2.48. The van der Waals surface area contributed by atoms with Crippen molar-refractivity contribution >= 4 is 23.7 Å². The Labute approximate surface area is 114 Å². The van der Waals surface area contributed by atoms with E-state index in [9.17, 15) is 13.2 Å². The number of piperazine rings is 1. The average molecular weight is 302 g/mol. The standard InChI is InChI=1S/C10H14F3N3S.ClH/c1-7-5-16(3-2-14-7)6-8-4-15-9(17-8)10(11,12)13;/h4,7,14H,2-3,5-6H2,1H3;1H/t7-;/m1./s1. The molecule has 0 unspecified atom stereocenters. The maximum atomic E-state index is 12.4. The molecule has 1 fully saturated rings. The number of alkyl halides is 3. The van der Waals surface area contributed by atoms with Gasteiger partial charge in [-0.3, -0.25) is 4.90 Å². The second-order valence-electron chi connectivity index (χ2n) is 4.22. The van der Waals surface area contributed by atoms with Crippen LogP contribution < -0.4 is 5.32 Å². The topological polar surface area (TPSA) is 28.2 Å². The van der Waals surface area contributed by atoms with Gasteiger partial charge in [-0.15, -0.1) is 23.7 Å². The fraction of sp³-hybridized carbons (Fsp3) is 0.700. The van der Waals surface area contributed by atoms with Crippen LogP contribution in [0.15, 0.2) is 6.20 Å². The molecule has 0 spiro atoms. The first-order valence-corrected chi connectivity index (χ1v) is 6.24. The third kappa shape index (κ3) is 4.08. The van der Waals surface area contributed by atoms with Crippen LogP contribution in [0.2, 0.25) is 0 Å². The van der Waals surface area contributed by atoms with Crippen LogP contribution >= 0.6 is 23.7 Å². The predicted molar refractivity (Wildman–Crippen MR) is 67.1 cm³/mol. The van der Waals surface area contributed by atoms with E-state index < -0.39 is 11.2 Å². The zero-order valence-electron chi connectivity index (χ0n) is 9.83. The lowest BCUT2D eigenvalue weighted by atomic mass is 10.2. The molecule has 1 aliphatic heterocycles. The zero-order valence-corrected chi connectivity index (χ0v) is 11.5. The fourth-order valence-electron chi connectivity index (χ4n) is 1.89.